The molecule has 0 heterocycles. The summed E-state index contributed by atoms with van der Waals surface area (Å²) in [6.07, 6.45) is 0.495. The van der Waals surface area contributed by atoms with Crippen LogP contribution in [0.5, 0.6) is 0 Å². The van der Waals surface area contributed by atoms with Gasteiger partial charge in [-0.05, 0) is 24.1 Å². The fourth-order valence-corrected chi connectivity index (χ4v) is 2.24. The monoisotopic (exact) mass is 320 g/mol. The van der Waals surface area contributed by atoms with Crippen molar-refractivity contribution in [1.82, 2.24) is 5.32 Å². The number of benzene rings is 2. The van der Waals surface area contributed by atoms with Crippen molar-refractivity contribution in [1.29, 1.82) is 0 Å². The maximum Gasteiger partial charge on any atom is 0.319 e. The largest absolute Gasteiger partial charge is 0.396 e. The number of aliphatic hydroxyl groups excluding tert-OH is 1. The Bertz CT molecular complexity index is 650. The van der Waals surface area contributed by atoms with Crippen LogP contribution in [0.4, 0.5) is 19.3 Å². The van der Waals surface area contributed by atoms with Gasteiger partial charge in [-0.15, -0.1) is 0 Å². The molecule has 23 heavy (non-hydrogen) atoms. The summed E-state index contributed by atoms with van der Waals surface area (Å²) in [6.45, 7) is 0.286. The summed E-state index contributed by atoms with van der Waals surface area (Å²) >= 11 is 0. The Balaban J connectivity index is 1.94. The minimum absolute atomic E-state index is 0.00451. The van der Waals surface area contributed by atoms with Crippen molar-refractivity contribution < 1.29 is 18.7 Å². The van der Waals surface area contributed by atoms with Crippen LogP contribution < -0.4 is 10.6 Å². The average Bonchev–Trinajstić information content (AvgIpc) is 2.55. The molecule has 1 atom stereocenters. The third-order valence-corrected chi connectivity index (χ3v) is 3.44. The Morgan fingerprint density at radius 3 is 2.52 bits per heavy atom. The van der Waals surface area contributed by atoms with Crippen LogP contribution in [0.1, 0.15) is 17.9 Å². The molecule has 0 aliphatic carbocycles. The Kier molecular flexibility index (Phi) is 6.05. The molecule has 0 aromatic heterocycles. The number of hydrogen-bond donors (Lipinski definition) is 3. The minimum atomic E-state index is -0.838. The lowest BCUT2D eigenvalue weighted by Gasteiger charge is -2.17. The van der Waals surface area contributed by atoms with Crippen LogP contribution in [-0.4, -0.2) is 24.3 Å². The van der Waals surface area contributed by atoms with Gasteiger partial charge in [-0.1, -0.05) is 30.3 Å². The molecule has 2 amide bonds. The molecule has 0 fully saturated rings. The molecular formula is C17H18F2N2O2. The van der Waals surface area contributed by atoms with Gasteiger partial charge in [-0.2, -0.15) is 0 Å². The van der Waals surface area contributed by atoms with Crippen molar-refractivity contribution in [2.24, 2.45) is 0 Å². The molecular weight excluding hydrogens is 302 g/mol. The van der Waals surface area contributed by atoms with Crippen molar-refractivity contribution in [3.63, 3.8) is 0 Å². The van der Waals surface area contributed by atoms with E-state index in [1.54, 1.807) is 0 Å². The van der Waals surface area contributed by atoms with E-state index >= 15 is 0 Å². The fourth-order valence-electron chi connectivity index (χ4n) is 2.24. The first kappa shape index (κ1) is 16.9. The highest BCUT2D eigenvalue weighted by molar-refractivity contribution is 5.89. The van der Waals surface area contributed by atoms with Gasteiger partial charge in [0.25, 0.3) is 0 Å². The van der Waals surface area contributed by atoms with E-state index < -0.39 is 17.7 Å². The summed E-state index contributed by atoms with van der Waals surface area (Å²) < 4.78 is 26.3. The Morgan fingerprint density at radius 2 is 1.87 bits per heavy atom. The molecule has 0 radical (unpaired) electrons. The molecule has 6 heteroatoms. The number of carbonyl (C=O) groups excluding carboxylic acids is 1. The van der Waals surface area contributed by atoms with Gasteiger partial charge in [0.1, 0.15) is 11.6 Å². The molecule has 3 N–H and O–H groups in total. The van der Waals surface area contributed by atoms with E-state index in [4.69, 9.17) is 5.11 Å². The molecule has 0 aliphatic heterocycles. The van der Waals surface area contributed by atoms with E-state index in [0.29, 0.717) is 19.0 Å². The van der Waals surface area contributed by atoms with E-state index in [2.05, 4.69) is 10.6 Å². The fraction of sp³-hybridized carbons (Fsp3) is 0.235. The lowest BCUT2D eigenvalue weighted by atomic mass is 9.96. The summed E-state index contributed by atoms with van der Waals surface area (Å²) in [5.41, 5.74) is 0.900. The van der Waals surface area contributed by atoms with Gasteiger partial charge in [-0.25, -0.2) is 13.6 Å². The summed E-state index contributed by atoms with van der Waals surface area (Å²) in [7, 11) is 0. The van der Waals surface area contributed by atoms with Crippen LogP contribution in [0.3, 0.4) is 0 Å². The number of rotatable bonds is 6. The van der Waals surface area contributed by atoms with Gasteiger partial charge in [0, 0.05) is 25.1 Å². The first-order valence-electron chi connectivity index (χ1n) is 7.26. The second-order valence-corrected chi connectivity index (χ2v) is 5.08. The third-order valence-electron chi connectivity index (χ3n) is 3.44. The predicted molar refractivity (Wildman–Crippen MR) is 84.3 cm³/mol. The lowest BCUT2D eigenvalue weighted by Crippen LogP contribution is -2.33. The van der Waals surface area contributed by atoms with Gasteiger partial charge in [0.15, 0.2) is 0 Å². The highest BCUT2D eigenvalue weighted by Crippen LogP contribution is 2.18. The van der Waals surface area contributed by atoms with Gasteiger partial charge >= 0.3 is 6.03 Å². The van der Waals surface area contributed by atoms with Gasteiger partial charge in [0.2, 0.25) is 0 Å². The normalized spacial score (nSPS) is 11.8. The molecule has 2 aromatic rings. The van der Waals surface area contributed by atoms with Crippen molar-refractivity contribution >= 4 is 11.7 Å². The van der Waals surface area contributed by atoms with Crippen LogP contribution in [0, 0.1) is 11.6 Å². The van der Waals surface area contributed by atoms with Crippen molar-refractivity contribution in [3.8, 4) is 0 Å². The Hall–Kier alpha value is -2.47. The standard InChI is InChI=1S/C17H18F2N2O2/c18-14-6-7-16(15(19)10-14)21-17(23)20-11-13(8-9-22)12-4-2-1-3-5-12/h1-7,10,13,22H,8-9,11H2,(H2,20,21,23). The van der Waals surface area contributed by atoms with Gasteiger partial charge < -0.3 is 15.7 Å². The SMILES string of the molecule is O=C(NCC(CCO)c1ccccc1)Nc1ccc(F)cc1F. The van der Waals surface area contributed by atoms with Crippen molar-refractivity contribution in [2.75, 3.05) is 18.5 Å². The Labute approximate surface area is 133 Å². The molecule has 0 saturated heterocycles. The van der Waals surface area contributed by atoms with Crippen molar-refractivity contribution in [3.05, 3.63) is 65.7 Å². The van der Waals surface area contributed by atoms with E-state index in [-0.39, 0.29) is 18.2 Å². The lowest BCUT2D eigenvalue weighted by molar-refractivity contribution is 0.248. The molecule has 2 aromatic carbocycles. The summed E-state index contributed by atoms with van der Waals surface area (Å²) in [6, 6.07) is 11.8. The zero-order valence-corrected chi connectivity index (χ0v) is 12.4. The third kappa shape index (κ3) is 5.03. The molecule has 0 spiro atoms. The number of aliphatic hydroxyl groups is 1. The van der Waals surface area contributed by atoms with Crippen LogP contribution in [0.2, 0.25) is 0 Å². The second kappa shape index (κ2) is 8.24. The Morgan fingerprint density at radius 1 is 1.13 bits per heavy atom. The topological polar surface area (TPSA) is 61.4 Å². The van der Waals surface area contributed by atoms with Crippen LogP contribution in [0.15, 0.2) is 48.5 Å². The molecule has 0 bridgehead atoms. The van der Waals surface area contributed by atoms with E-state index in [9.17, 15) is 13.6 Å². The first-order chi connectivity index (χ1) is 11.1. The number of carbonyl (C=O) groups is 1. The summed E-state index contributed by atoms with van der Waals surface area (Å²) in [5, 5.41) is 14.1. The highest BCUT2D eigenvalue weighted by atomic mass is 19.1. The number of urea groups is 1. The summed E-state index contributed by atoms with van der Waals surface area (Å²) in [5.74, 6) is -1.60. The number of hydrogen-bond acceptors (Lipinski definition) is 2. The molecule has 0 saturated carbocycles. The molecule has 1 unspecified atom stereocenters. The van der Waals surface area contributed by atoms with Crippen LogP contribution in [-0.2, 0) is 0 Å². The maximum atomic E-state index is 13.5. The van der Waals surface area contributed by atoms with Gasteiger partial charge in [0.05, 0.1) is 5.69 Å². The number of nitrogens with one attached hydrogen (secondary N) is 2. The number of anilines is 1. The maximum absolute atomic E-state index is 13.5. The summed E-state index contributed by atoms with van der Waals surface area (Å²) in [4.78, 5) is 11.8. The highest BCUT2D eigenvalue weighted by Gasteiger charge is 2.13. The van der Waals surface area contributed by atoms with E-state index in [0.717, 1.165) is 17.7 Å². The van der Waals surface area contributed by atoms with Crippen LogP contribution >= 0.6 is 0 Å². The van der Waals surface area contributed by atoms with E-state index in [1.807, 2.05) is 30.3 Å². The second-order valence-electron chi connectivity index (χ2n) is 5.08. The predicted octanol–water partition coefficient (Wildman–Crippen LogP) is 3.25. The molecule has 122 valence electrons. The molecule has 4 nitrogen and oxygen atoms in total. The molecule has 0 aliphatic rings. The smallest absolute Gasteiger partial charge is 0.319 e. The number of amides is 2. The van der Waals surface area contributed by atoms with Crippen molar-refractivity contribution in [2.45, 2.75) is 12.3 Å². The zero-order chi connectivity index (χ0) is 16.7. The molecule has 2 rings (SSSR count). The van der Waals surface area contributed by atoms with Gasteiger partial charge in [-0.3, -0.25) is 0 Å². The number of halogens is 2. The van der Waals surface area contributed by atoms with E-state index in [1.165, 1.54) is 0 Å². The zero-order valence-electron chi connectivity index (χ0n) is 12.4. The average molecular weight is 320 g/mol. The van der Waals surface area contributed by atoms with Crippen LogP contribution in [0.25, 0.3) is 0 Å². The minimum Gasteiger partial charge on any atom is -0.396 e. The first-order valence-corrected chi connectivity index (χ1v) is 7.26. The quantitative estimate of drug-likeness (QED) is 0.765.